The minimum Gasteiger partial charge on any atom is -0.373 e. The van der Waals surface area contributed by atoms with Gasteiger partial charge in [-0.2, -0.15) is 5.06 Å². The molecular weight excluding hydrogens is 483 g/mol. The van der Waals surface area contributed by atoms with Crippen LogP contribution in [0.4, 0.5) is 0 Å². The lowest BCUT2D eigenvalue weighted by molar-refractivity contribution is -0.192. The molecule has 4 bridgehead atoms. The summed E-state index contributed by atoms with van der Waals surface area (Å²) in [5.74, 6) is -3.48. The first-order valence-corrected chi connectivity index (χ1v) is 10.8. The van der Waals surface area contributed by atoms with E-state index in [4.69, 9.17) is 79.2 Å². The van der Waals surface area contributed by atoms with E-state index in [0.717, 1.165) is 5.06 Å². The van der Waals surface area contributed by atoms with Gasteiger partial charge in [0.05, 0.1) is 40.7 Å². The molecule has 0 aromatic heterocycles. The topological polar surface area (TPSA) is 55.8 Å². The lowest BCUT2D eigenvalue weighted by Gasteiger charge is -2.39. The molecule has 0 unspecified atom stereocenters. The maximum absolute atomic E-state index is 12.9. The van der Waals surface area contributed by atoms with Crippen molar-refractivity contribution in [3.05, 3.63) is 10.1 Å². The highest BCUT2D eigenvalue weighted by Crippen LogP contribution is 2.81. The Balaban J connectivity index is 1.61. The third-order valence-electron chi connectivity index (χ3n) is 6.56. The van der Waals surface area contributed by atoms with Crippen LogP contribution in [0.25, 0.3) is 0 Å². The number of halogens is 6. The lowest BCUT2D eigenvalue weighted by Crippen LogP contribution is -2.50. The quantitative estimate of drug-likeness (QED) is 0.441. The number of nitrogens with zero attached hydrogens (tertiary/aromatic N) is 1. The van der Waals surface area contributed by atoms with Crippen LogP contribution in [-0.4, -0.2) is 49.8 Å². The van der Waals surface area contributed by atoms with Gasteiger partial charge in [0.2, 0.25) is 0 Å². The Morgan fingerprint density at radius 2 is 1.41 bits per heavy atom. The highest BCUT2D eigenvalue weighted by molar-refractivity contribution is 6.65. The highest BCUT2D eigenvalue weighted by atomic mass is 35.5. The summed E-state index contributed by atoms with van der Waals surface area (Å²) in [6.07, 6.45) is -0.748. The van der Waals surface area contributed by atoms with Gasteiger partial charge in [0.15, 0.2) is 4.33 Å². The zero-order chi connectivity index (χ0) is 19.7. The SMILES string of the molecule is CCCON1C(=O)[C@@H]2[C@H]3O[C@H]([C@H]2C1=O)[C@@H]1[C@@H]3[C@]2(Cl)C(Cl)=C(Cl)[C@]1(Cl)C2(Cl)Cl. The number of hydroxylamine groups is 2. The standard InChI is InChI=1S/C16H13Cl6NO4/c1-2-3-26-23-12(24)4-5(13(23)25)9-7-6(8(4)27-9)14(19)10(17)11(18)15(7,20)16(14,21)22/h4-9H,2-3H2,1H3/t4-,5-,6-,7-,8+,9+,14-,15-/m0/s1. The molecule has 3 saturated heterocycles. The second kappa shape index (κ2) is 5.61. The van der Waals surface area contributed by atoms with Crippen molar-refractivity contribution in [3.63, 3.8) is 0 Å². The molecule has 1 saturated carbocycles. The molecular formula is C16H13Cl6NO4. The monoisotopic (exact) mass is 493 g/mol. The average Bonchev–Trinajstić information content (AvgIpc) is 3.31. The molecule has 4 fully saturated rings. The van der Waals surface area contributed by atoms with Crippen molar-refractivity contribution in [2.24, 2.45) is 23.7 Å². The molecule has 148 valence electrons. The first kappa shape index (κ1) is 19.5. The normalized spacial score (nSPS) is 51.6. The van der Waals surface area contributed by atoms with Crippen LogP contribution in [-0.2, 0) is 19.2 Å². The minimum absolute atomic E-state index is 0.0654. The number of imide groups is 1. The van der Waals surface area contributed by atoms with Gasteiger partial charge in [0.25, 0.3) is 11.8 Å². The van der Waals surface area contributed by atoms with Crippen LogP contribution < -0.4 is 0 Å². The van der Waals surface area contributed by atoms with Crippen molar-refractivity contribution < 1.29 is 19.2 Å². The molecule has 3 aliphatic heterocycles. The van der Waals surface area contributed by atoms with Gasteiger partial charge in [-0.25, -0.2) is 0 Å². The van der Waals surface area contributed by atoms with Gasteiger partial charge in [0, 0.05) is 11.8 Å². The van der Waals surface area contributed by atoms with Crippen molar-refractivity contribution in [3.8, 4) is 0 Å². The zero-order valence-corrected chi connectivity index (χ0v) is 18.3. The summed E-state index contributed by atoms with van der Waals surface area (Å²) in [5.41, 5.74) is 0. The Morgan fingerprint density at radius 3 is 1.81 bits per heavy atom. The fourth-order valence-corrected chi connectivity index (χ4v) is 8.64. The number of ether oxygens (including phenoxy) is 1. The van der Waals surface area contributed by atoms with E-state index in [1.807, 2.05) is 6.92 Å². The summed E-state index contributed by atoms with van der Waals surface area (Å²) in [6.45, 7) is 2.13. The predicted molar refractivity (Wildman–Crippen MR) is 101 cm³/mol. The van der Waals surface area contributed by atoms with E-state index in [1.54, 1.807) is 0 Å². The molecule has 5 aliphatic rings. The average molecular weight is 496 g/mol. The van der Waals surface area contributed by atoms with Gasteiger partial charge in [0.1, 0.15) is 9.75 Å². The number of amides is 2. The largest absolute Gasteiger partial charge is 0.373 e. The first-order valence-electron chi connectivity index (χ1n) is 8.54. The van der Waals surface area contributed by atoms with Crippen LogP contribution in [0, 0.1) is 23.7 Å². The second-order valence-electron chi connectivity index (χ2n) is 7.60. The van der Waals surface area contributed by atoms with E-state index >= 15 is 0 Å². The van der Waals surface area contributed by atoms with Crippen LogP contribution in [0.1, 0.15) is 13.3 Å². The molecule has 11 heteroatoms. The third kappa shape index (κ3) is 1.79. The summed E-state index contributed by atoms with van der Waals surface area (Å²) in [7, 11) is 0. The van der Waals surface area contributed by atoms with Gasteiger partial charge in [-0.15, -0.1) is 23.2 Å². The van der Waals surface area contributed by atoms with Gasteiger partial charge in [-0.3, -0.25) is 14.4 Å². The number of hydrogen-bond donors (Lipinski definition) is 0. The Bertz CT molecular complexity index is 761. The third-order valence-corrected chi connectivity index (χ3v) is 10.9. The zero-order valence-electron chi connectivity index (χ0n) is 13.7. The Morgan fingerprint density at radius 1 is 0.963 bits per heavy atom. The Labute approximate surface area is 185 Å². The molecule has 0 aromatic carbocycles. The molecule has 2 aliphatic carbocycles. The summed E-state index contributed by atoms with van der Waals surface area (Å²) in [4.78, 5) is 28.1. The van der Waals surface area contributed by atoms with E-state index < -0.39 is 61.8 Å². The summed E-state index contributed by atoms with van der Waals surface area (Å²) in [6, 6.07) is 0. The summed E-state index contributed by atoms with van der Waals surface area (Å²) in [5, 5.41) is 0.975. The molecule has 3 heterocycles. The van der Waals surface area contributed by atoms with Crippen molar-refractivity contribution in [2.45, 2.75) is 39.6 Å². The number of carbonyl (C=O) groups excluding carboxylic acids is 2. The van der Waals surface area contributed by atoms with Crippen LogP contribution in [0.15, 0.2) is 10.1 Å². The Hall–Kier alpha value is 0.540. The molecule has 8 atom stereocenters. The Kier molecular flexibility index (Phi) is 4.05. The van der Waals surface area contributed by atoms with E-state index in [-0.39, 0.29) is 16.7 Å². The fraction of sp³-hybridized carbons (Fsp3) is 0.750. The summed E-state index contributed by atoms with van der Waals surface area (Å²) < 4.78 is 4.33. The maximum atomic E-state index is 12.9. The second-order valence-corrected chi connectivity index (χ2v) is 10.9. The van der Waals surface area contributed by atoms with Crippen molar-refractivity contribution in [2.75, 3.05) is 6.61 Å². The van der Waals surface area contributed by atoms with Crippen LogP contribution in [0.2, 0.25) is 0 Å². The van der Waals surface area contributed by atoms with Crippen molar-refractivity contribution in [1.82, 2.24) is 5.06 Å². The number of carbonyl (C=O) groups is 2. The molecule has 5 nitrogen and oxygen atoms in total. The molecule has 27 heavy (non-hydrogen) atoms. The molecule has 0 aromatic rings. The molecule has 2 amide bonds. The maximum Gasteiger partial charge on any atom is 0.260 e. The van der Waals surface area contributed by atoms with Gasteiger partial charge >= 0.3 is 0 Å². The predicted octanol–water partition coefficient (Wildman–Crippen LogP) is 3.79. The molecule has 0 N–H and O–H groups in total. The van der Waals surface area contributed by atoms with Gasteiger partial charge < -0.3 is 4.74 Å². The molecule has 0 radical (unpaired) electrons. The number of rotatable bonds is 3. The first-order chi connectivity index (χ1) is 12.6. The highest BCUT2D eigenvalue weighted by Gasteiger charge is 2.90. The molecule has 5 rings (SSSR count). The fourth-order valence-electron chi connectivity index (χ4n) is 5.58. The number of hydrogen-bond acceptors (Lipinski definition) is 4. The number of fused-ring (bicyclic) bond motifs is 12. The van der Waals surface area contributed by atoms with Crippen LogP contribution in [0.3, 0.4) is 0 Å². The van der Waals surface area contributed by atoms with Crippen LogP contribution >= 0.6 is 69.6 Å². The van der Waals surface area contributed by atoms with Crippen LogP contribution in [0.5, 0.6) is 0 Å². The molecule has 0 spiro atoms. The van der Waals surface area contributed by atoms with Crippen molar-refractivity contribution in [1.29, 1.82) is 0 Å². The van der Waals surface area contributed by atoms with E-state index in [2.05, 4.69) is 0 Å². The van der Waals surface area contributed by atoms with E-state index in [0.29, 0.717) is 6.42 Å². The van der Waals surface area contributed by atoms with Gasteiger partial charge in [-0.05, 0) is 6.42 Å². The number of allylic oxidation sites excluding steroid dienone is 2. The smallest absolute Gasteiger partial charge is 0.260 e. The van der Waals surface area contributed by atoms with Gasteiger partial charge in [-0.1, -0.05) is 53.3 Å². The van der Waals surface area contributed by atoms with E-state index in [9.17, 15) is 9.59 Å². The number of alkyl halides is 4. The lowest BCUT2D eigenvalue weighted by atomic mass is 9.65. The van der Waals surface area contributed by atoms with Crippen molar-refractivity contribution >= 4 is 81.4 Å². The van der Waals surface area contributed by atoms with E-state index in [1.165, 1.54) is 0 Å². The minimum atomic E-state index is -1.71. The summed E-state index contributed by atoms with van der Waals surface area (Å²) >= 11 is 39.8.